The molecule has 1 saturated heterocycles. The Kier molecular flexibility index (Phi) is 5.89. The highest BCUT2D eigenvalue weighted by Crippen LogP contribution is 2.22. The summed E-state index contributed by atoms with van der Waals surface area (Å²) in [4.78, 5) is 27.5. The first-order chi connectivity index (χ1) is 12.1. The Labute approximate surface area is 151 Å². The molecule has 0 saturated carbocycles. The van der Waals surface area contributed by atoms with Gasteiger partial charge in [0.1, 0.15) is 0 Å². The molecule has 1 amide bonds. The summed E-state index contributed by atoms with van der Waals surface area (Å²) in [5, 5.41) is 9.57. The maximum absolute atomic E-state index is 12.6. The lowest BCUT2D eigenvalue weighted by Crippen LogP contribution is -2.40. The smallest absolute Gasteiger partial charge is 0.253 e. The van der Waals surface area contributed by atoms with Crippen LogP contribution < -0.4 is 0 Å². The van der Waals surface area contributed by atoms with Crippen molar-refractivity contribution in [2.24, 2.45) is 0 Å². The number of aliphatic hydroxyl groups excluding tert-OH is 1. The predicted octanol–water partition coefficient (Wildman–Crippen LogP) is 3.26. The van der Waals surface area contributed by atoms with Crippen LogP contribution in [0.2, 0.25) is 0 Å². The number of nitrogens with zero attached hydrogens (tertiary/aromatic N) is 1. The molecule has 1 aliphatic heterocycles. The van der Waals surface area contributed by atoms with Crippen molar-refractivity contribution in [2.45, 2.75) is 23.8 Å². The van der Waals surface area contributed by atoms with Crippen molar-refractivity contribution >= 4 is 23.5 Å². The van der Waals surface area contributed by atoms with Gasteiger partial charge in [0.2, 0.25) is 0 Å². The van der Waals surface area contributed by atoms with Crippen molar-refractivity contribution in [2.75, 3.05) is 18.8 Å². The summed E-state index contributed by atoms with van der Waals surface area (Å²) < 4.78 is 0. The van der Waals surface area contributed by atoms with Gasteiger partial charge in [-0.2, -0.15) is 0 Å². The van der Waals surface area contributed by atoms with Crippen molar-refractivity contribution in [3.8, 4) is 0 Å². The first-order valence-corrected chi connectivity index (χ1v) is 9.40. The highest BCUT2D eigenvalue weighted by molar-refractivity contribution is 8.00. The van der Waals surface area contributed by atoms with Gasteiger partial charge in [-0.3, -0.25) is 9.59 Å². The Hall–Kier alpha value is -2.11. The van der Waals surface area contributed by atoms with E-state index in [1.165, 1.54) is 11.8 Å². The van der Waals surface area contributed by atoms with Crippen molar-refractivity contribution in [3.05, 3.63) is 65.7 Å². The lowest BCUT2D eigenvalue weighted by atomic mass is 10.1. The zero-order valence-corrected chi connectivity index (χ0v) is 14.7. The van der Waals surface area contributed by atoms with Gasteiger partial charge in [0.25, 0.3) is 5.91 Å². The molecule has 3 rings (SSSR count). The van der Waals surface area contributed by atoms with E-state index in [9.17, 15) is 14.7 Å². The van der Waals surface area contributed by atoms with E-state index >= 15 is 0 Å². The van der Waals surface area contributed by atoms with Crippen LogP contribution in [0.3, 0.4) is 0 Å². The van der Waals surface area contributed by atoms with Gasteiger partial charge < -0.3 is 10.0 Å². The summed E-state index contributed by atoms with van der Waals surface area (Å²) in [5.74, 6) is 0.411. The standard InChI is InChI=1S/C20H21NO3S/c22-17-9-11-21(12-10-17)20(24)16-7-4-8-18(13-16)25-14-19(23)15-5-2-1-3-6-15/h1-8,13,17,22H,9-12,14H2. The van der Waals surface area contributed by atoms with Crippen LogP contribution in [-0.4, -0.2) is 46.6 Å². The topological polar surface area (TPSA) is 57.6 Å². The van der Waals surface area contributed by atoms with Gasteiger partial charge in [0.15, 0.2) is 5.78 Å². The number of amides is 1. The third-order valence-electron chi connectivity index (χ3n) is 4.30. The fourth-order valence-corrected chi connectivity index (χ4v) is 3.68. The fraction of sp³-hybridized carbons (Fsp3) is 0.300. The van der Waals surface area contributed by atoms with E-state index in [1.54, 1.807) is 11.0 Å². The average molecular weight is 355 g/mol. The van der Waals surface area contributed by atoms with Crippen molar-refractivity contribution < 1.29 is 14.7 Å². The van der Waals surface area contributed by atoms with Crippen molar-refractivity contribution in [3.63, 3.8) is 0 Å². The number of hydrogen-bond acceptors (Lipinski definition) is 4. The molecule has 4 nitrogen and oxygen atoms in total. The number of thioether (sulfide) groups is 1. The number of benzene rings is 2. The highest BCUT2D eigenvalue weighted by Gasteiger charge is 2.22. The molecular weight excluding hydrogens is 334 g/mol. The van der Waals surface area contributed by atoms with E-state index in [0.29, 0.717) is 42.8 Å². The number of ketones is 1. The van der Waals surface area contributed by atoms with Gasteiger partial charge in [0, 0.05) is 29.1 Å². The van der Waals surface area contributed by atoms with E-state index in [0.717, 1.165) is 4.90 Å². The molecule has 1 aliphatic rings. The van der Waals surface area contributed by atoms with Gasteiger partial charge >= 0.3 is 0 Å². The molecule has 0 aliphatic carbocycles. The number of carbonyl (C=O) groups is 2. The van der Waals surface area contributed by atoms with Crippen LogP contribution in [-0.2, 0) is 0 Å². The quantitative estimate of drug-likeness (QED) is 0.661. The second-order valence-electron chi connectivity index (χ2n) is 6.13. The summed E-state index contributed by atoms with van der Waals surface area (Å²) in [7, 11) is 0. The van der Waals surface area contributed by atoms with Gasteiger partial charge in [-0.15, -0.1) is 11.8 Å². The molecule has 130 valence electrons. The summed E-state index contributed by atoms with van der Waals surface area (Å²) in [5.41, 5.74) is 1.34. The van der Waals surface area contributed by atoms with Crippen LogP contribution in [0.25, 0.3) is 0 Å². The highest BCUT2D eigenvalue weighted by atomic mass is 32.2. The molecule has 0 bridgehead atoms. The van der Waals surface area contributed by atoms with Crippen LogP contribution in [0.5, 0.6) is 0 Å². The van der Waals surface area contributed by atoms with Crippen LogP contribution in [0.15, 0.2) is 59.5 Å². The zero-order valence-electron chi connectivity index (χ0n) is 13.9. The number of carbonyl (C=O) groups excluding carboxylic acids is 2. The number of rotatable bonds is 5. The first-order valence-electron chi connectivity index (χ1n) is 8.42. The molecule has 1 N–H and O–H groups in total. The maximum Gasteiger partial charge on any atom is 0.253 e. The lowest BCUT2D eigenvalue weighted by Gasteiger charge is -2.29. The number of Topliss-reactive ketones (excluding diaryl/α,β-unsaturated/α-hetero) is 1. The minimum Gasteiger partial charge on any atom is -0.393 e. The third kappa shape index (κ3) is 4.71. The zero-order chi connectivity index (χ0) is 17.6. The Morgan fingerprint density at radius 1 is 1.00 bits per heavy atom. The summed E-state index contributed by atoms with van der Waals surface area (Å²) in [6.07, 6.45) is 0.965. The largest absolute Gasteiger partial charge is 0.393 e. The molecule has 0 atom stereocenters. The fourth-order valence-electron chi connectivity index (χ4n) is 2.83. The molecule has 0 spiro atoms. The lowest BCUT2D eigenvalue weighted by molar-refractivity contribution is 0.0546. The monoisotopic (exact) mass is 355 g/mol. The van der Waals surface area contributed by atoms with Gasteiger partial charge in [-0.05, 0) is 31.0 Å². The first kappa shape index (κ1) is 17.7. The SMILES string of the molecule is O=C(CSc1cccc(C(=O)N2CCC(O)CC2)c1)c1ccccc1. The molecule has 1 heterocycles. The van der Waals surface area contributed by atoms with E-state index in [-0.39, 0.29) is 17.8 Å². The molecule has 0 radical (unpaired) electrons. The van der Waals surface area contributed by atoms with Crippen molar-refractivity contribution in [1.82, 2.24) is 4.90 Å². The van der Waals surface area contributed by atoms with Crippen molar-refractivity contribution in [1.29, 1.82) is 0 Å². The van der Waals surface area contributed by atoms with Gasteiger partial charge in [0.05, 0.1) is 11.9 Å². The second-order valence-corrected chi connectivity index (χ2v) is 7.18. The third-order valence-corrected chi connectivity index (χ3v) is 5.29. The van der Waals surface area contributed by atoms with Crippen LogP contribution in [0.4, 0.5) is 0 Å². The summed E-state index contributed by atoms with van der Waals surface area (Å²) in [6.45, 7) is 1.17. The minimum atomic E-state index is -0.296. The molecule has 25 heavy (non-hydrogen) atoms. The van der Waals surface area contributed by atoms with E-state index in [2.05, 4.69) is 0 Å². The Balaban J connectivity index is 1.61. The Morgan fingerprint density at radius 2 is 1.68 bits per heavy atom. The molecule has 2 aromatic carbocycles. The predicted molar refractivity (Wildman–Crippen MR) is 99.1 cm³/mol. The minimum absolute atomic E-state index is 0.0104. The molecular formula is C20H21NO3S. The van der Waals surface area contributed by atoms with Gasteiger partial charge in [-0.1, -0.05) is 36.4 Å². The normalized spacial score (nSPS) is 15.2. The molecule has 2 aromatic rings. The summed E-state index contributed by atoms with van der Waals surface area (Å²) >= 11 is 1.44. The van der Waals surface area contributed by atoms with E-state index in [4.69, 9.17) is 0 Å². The van der Waals surface area contributed by atoms with E-state index in [1.807, 2.05) is 48.5 Å². The van der Waals surface area contributed by atoms with Gasteiger partial charge in [-0.25, -0.2) is 0 Å². The van der Waals surface area contributed by atoms with Crippen LogP contribution in [0, 0.1) is 0 Å². The Morgan fingerprint density at radius 3 is 2.40 bits per heavy atom. The molecule has 5 heteroatoms. The number of hydrogen-bond donors (Lipinski definition) is 1. The van der Waals surface area contributed by atoms with E-state index < -0.39 is 0 Å². The van der Waals surface area contributed by atoms with Crippen LogP contribution in [0.1, 0.15) is 33.6 Å². The Bertz CT molecular complexity index is 740. The average Bonchev–Trinajstić information content (AvgIpc) is 2.67. The molecule has 0 aromatic heterocycles. The summed E-state index contributed by atoms with van der Waals surface area (Å²) in [6, 6.07) is 16.6. The van der Waals surface area contributed by atoms with Crippen LogP contribution >= 0.6 is 11.8 Å². The molecule has 1 fully saturated rings. The second kappa shape index (κ2) is 8.32. The molecule has 0 unspecified atom stereocenters. The number of likely N-dealkylation sites (tertiary alicyclic amines) is 1. The number of piperidine rings is 1. The number of aliphatic hydroxyl groups is 1. The maximum atomic E-state index is 12.6.